The number of rotatable bonds is 13. The summed E-state index contributed by atoms with van der Waals surface area (Å²) in [5.41, 5.74) is -4.68. The average molecular weight is 844 g/mol. The molecule has 1 aromatic heterocycles. The molecule has 59 heavy (non-hydrogen) atoms. The number of fused-ring (bicyclic) bond motifs is 1. The number of likely N-dealkylation sites (tertiary alicyclic amines) is 1. The topological polar surface area (TPSA) is 182 Å². The number of carbonyl (C=O) groups is 4. The van der Waals surface area contributed by atoms with Crippen molar-refractivity contribution in [2.45, 2.75) is 101 Å². The van der Waals surface area contributed by atoms with Crippen LogP contribution in [0.15, 0.2) is 67.4 Å². The number of amides is 4. The fraction of sp³-hybridized carbons (Fsp3) is 0.488. The second-order valence-electron chi connectivity index (χ2n) is 16.8. The standard InChI is InChI=1S/C41H48F3N5O9S/c1-8-24-21-40(24,36(52)48-59(54,55)29-14-15-29)47-33(50)31-20-28(57-34-30-16-13-27(56-7)19-23(30)17-18-45-34)22-49(31)35(51)32(38(2,3)4)46-37(53)58-39(5,6)25-9-11-26(12-10-25)41(42,43)44/h8-13,16-19,24,28-29,31-32H,1,14-15,20-22H2,2-7H3,(H,46,53)(H,47,50)(H,48,52). The molecule has 2 aromatic carbocycles. The van der Waals surface area contributed by atoms with Gasteiger partial charge in [0.1, 0.15) is 35.1 Å². The number of benzene rings is 2. The Morgan fingerprint density at radius 3 is 2.24 bits per heavy atom. The van der Waals surface area contributed by atoms with Crippen molar-refractivity contribution in [3.8, 4) is 11.6 Å². The van der Waals surface area contributed by atoms with Gasteiger partial charge in [-0.25, -0.2) is 18.2 Å². The molecule has 2 saturated carbocycles. The molecule has 1 aliphatic heterocycles. The predicted molar refractivity (Wildman–Crippen MR) is 209 cm³/mol. The number of ether oxygens (including phenoxy) is 3. The Morgan fingerprint density at radius 2 is 1.66 bits per heavy atom. The SMILES string of the molecule is C=CC1CC1(NC(=O)C1CC(Oc2nccc3cc(OC)ccc23)CN1C(=O)C(NC(=O)OC(C)(C)c1ccc(C(F)(F)F)cc1)C(C)(C)C)C(=O)NS(=O)(=O)C1CC1. The maximum Gasteiger partial charge on any atom is 0.416 e. The number of nitrogens with one attached hydrogen (secondary N) is 3. The van der Waals surface area contributed by atoms with Gasteiger partial charge < -0.3 is 29.7 Å². The molecule has 0 bridgehead atoms. The van der Waals surface area contributed by atoms with E-state index in [0.29, 0.717) is 24.0 Å². The Hall–Kier alpha value is -5.39. The number of alkyl halides is 3. The van der Waals surface area contributed by atoms with E-state index in [9.17, 15) is 40.8 Å². The van der Waals surface area contributed by atoms with E-state index >= 15 is 0 Å². The van der Waals surface area contributed by atoms with Crippen LogP contribution < -0.4 is 24.8 Å². The maximum absolute atomic E-state index is 14.7. The predicted octanol–water partition coefficient (Wildman–Crippen LogP) is 5.36. The first-order valence-electron chi connectivity index (χ1n) is 19.1. The van der Waals surface area contributed by atoms with Gasteiger partial charge in [0.25, 0.3) is 5.91 Å². The van der Waals surface area contributed by atoms with E-state index in [1.54, 1.807) is 45.0 Å². The van der Waals surface area contributed by atoms with Crippen molar-refractivity contribution in [1.82, 2.24) is 25.2 Å². The number of nitrogens with zero attached hydrogens (tertiary/aromatic N) is 2. The summed E-state index contributed by atoms with van der Waals surface area (Å²) in [6.07, 6.45) is -2.63. The van der Waals surface area contributed by atoms with Crippen molar-refractivity contribution in [3.05, 3.63) is 78.5 Å². The Kier molecular flexibility index (Phi) is 11.5. The summed E-state index contributed by atoms with van der Waals surface area (Å²) in [7, 11) is -2.43. The smallest absolute Gasteiger partial charge is 0.416 e. The van der Waals surface area contributed by atoms with Crippen LogP contribution in [0.1, 0.15) is 71.4 Å². The zero-order valence-corrected chi connectivity index (χ0v) is 34.3. The average Bonchev–Trinajstić information content (AvgIpc) is 4.09. The summed E-state index contributed by atoms with van der Waals surface area (Å²) in [4.78, 5) is 61.8. The highest BCUT2D eigenvalue weighted by molar-refractivity contribution is 7.91. The van der Waals surface area contributed by atoms with E-state index in [2.05, 4.69) is 26.9 Å². The van der Waals surface area contributed by atoms with E-state index in [1.807, 2.05) is 0 Å². The van der Waals surface area contributed by atoms with Crippen molar-refractivity contribution in [3.63, 3.8) is 0 Å². The van der Waals surface area contributed by atoms with Gasteiger partial charge in [-0.15, -0.1) is 6.58 Å². The van der Waals surface area contributed by atoms with Crippen molar-refractivity contribution < 1.29 is 55.0 Å². The third-order valence-corrected chi connectivity index (χ3v) is 12.8. The molecule has 0 radical (unpaired) electrons. The first-order chi connectivity index (χ1) is 27.5. The molecule has 3 aliphatic rings. The van der Waals surface area contributed by atoms with Crippen LogP contribution in [0.25, 0.3) is 10.8 Å². The second kappa shape index (κ2) is 15.7. The quantitative estimate of drug-likeness (QED) is 0.190. The third-order valence-electron chi connectivity index (χ3n) is 10.9. The van der Waals surface area contributed by atoms with Crippen LogP contribution >= 0.6 is 0 Å². The lowest BCUT2D eigenvalue weighted by molar-refractivity contribution is -0.143. The van der Waals surface area contributed by atoms with Crippen LogP contribution in [0, 0.1) is 11.3 Å². The molecule has 5 unspecified atom stereocenters. The van der Waals surface area contributed by atoms with Crippen LogP contribution in [0.3, 0.4) is 0 Å². The van der Waals surface area contributed by atoms with Crippen molar-refractivity contribution >= 4 is 44.6 Å². The van der Waals surface area contributed by atoms with Gasteiger partial charge in [-0.1, -0.05) is 39.0 Å². The number of pyridine rings is 1. The number of sulfonamides is 1. The van der Waals surface area contributed by atoms with Gasteiger partial charge in [-0.2, -0.15) is 13.2 Å². The van der Waals surface area contributed by atoms with Crippen LogP contribution in [-0.4, -0.2) is 84.7 Å². The minimum atomic E-state index is -4.56. The van der Waals surface area contributed by atoms with Crippen molar-refractivity contribution in [2.24, 2.45) is 11.3 Å². The first-order valence-corrected chi connectivity index (χ1v) is 20.6. The van der Waals surface area contributed by atoms with Gasteiger partial charge >= 0.3 is 12.3 Å². The van der Waals surface area contributed by atoms with Gasteiger partial charge in [0.05, 0.1) is 24.5 Å². The summed E-state index contributed by atoms with van der Waals surface area (Å²) in [5.74, 6) is -2.14. The number of methoxy groups -OCH3 is 1. The van der Waals surface area contributed by atoms with Gasteiger partial charge in [0, 0.05) is 23.9 Å². The highest BCUT2D eigenvalue weighted by atomic mass is 32.2. The number of halogens is 3. The van der Waals surface area contributed by atoms with Gasteiger partial charge in [-0.3, -0.25) is 19.1 Å². The molecule has 318 valence electrons. The lowest BCUT2D eigenvalue weighted by Gasteiger charge is -2.36. The second-order valence-corrected chi connectivity index (χ2v) is 18.7. The number of hydrogen-bond donors (Lipinski definition) is 3. The highest BCUT2D eigenvalue weighted by Gasteiger charge is 2.62. The molecular formula is C41H48F3N5O9S. The zero-order valence-electron chi connectivity index (χ0n) is 33.5. The minimum absolute atomic E-state index is 0.0744. The molecule has 0 spiro atoms. The van der Waals surface area contributed by atoms with Gasteiger partial charge in [0.15, 0.2) is 0 Å². The Labute approximate surface area is 340 Å². The molecule has 5 atom stereocenters. The van der Waals surface area contributed by atoms with Gasteiger partial charge in [0.2, 0.25) is 27.7 Å². The molecule has 2 aliphatic carbocycles. The lowest BCUT2D eigenvalue weighted by Crippen LogP contribution is -2.60. The summed E-state index contributed by atoms with van der Waals surface area (Å²) in [6.45, 7) is 11.6. The molecular weight excluding hydrogens is 796 g/mol. The molecule has 4 amide bonds. The van der Waals surface area contributed by atoms with E-state index in [-0.39, 0.29) is 30.8 Å². The molecule has 3 N–H and O–H groups in total. The van der Waals surface area contributed by atoms with Gasteiger partial charge in [-0.05, 0) is 85.9 Å². The van der Waals surface area contributed by atoms with Crippen molar-refractivity contribution in [1.29, 1.82) is 0 Å². The first kappa shape index (κ1) is 43.2. The molecule has 18 heteroatoms. The highest BCUT2D eigenvalue weighted by Crippen LogP contribution is 2.46. The summed E-state index contributed by atoms with van der Waals surface area (Å²) < 4.78 is 84.6. The molecule has 3 aromatic rings. The molecule has 1 saturated heterocycles. The number of hydrogen-bond acceptors (Lipinski definition) is 10. The van der Waals surface area contributed by atoms with E-state index in [4.69, 9.17) is 14.2 Å². The number of alkyl carbamates (subject to hydrolysis) is 1. The summed E-state index contributed by atoms with van der Waals surface area (Å²) >= 11 is 0. The Morgan fingerprint density at radius 1 is 1.00 bits per heavy atom. The van der Waals surface area contributed by atoms with E-state index < -0.39 is 91.5 Å². The van der Waals surface area contributed by atoms with E-state index in [1.165, 1.54) is 50.3 Å². The normalized spacial score (nSPS) is 22.5. The molecule has 2 heterocycles. The fourth-order valence-corrected chi connectivity index (χ4v) is 8.58. The van der Waals surface area contributed by atoms with Crippen molar-refractivity contribution in [2.75, 3.05) is 13.7 Å². The summed E-state index contributed by atoms with van der Waals surface area (Å²) in [6, 6.07) is 8.60. The third kappa shape index (κ3) is 9.26. The van der Waals surface area contributed by atoms with Crippen LogP contribution in [0.5, 0.6) is 11.6 Å². The van der Waals surface area contributed by atoms with Crippen LogP contribution in [0.4, 0.5) is 18.0 Å². The van der Waals surface area contributed by atoms with Crippen LogP contribution in [0.2, 0.25) is 0 Å². The number of aromatic nitrogens is 1. The fourth-order valence-electron chi connectivity index (χ4n) is 7.21. The zero-order chi connectivity index (χ0) is 43.3. The summed E-state index contributed by atoms with van der Waals surface area (Å²) in [5, 5.41) is 6.04. The van der Waals surface area contributed by atoms with Crippen LogP contribution in [-0.2, 0) is 40.9 Å². The minimum Gasteiger partial charge on any atom is -0.497 e. The monoisotopic (exact) mass is 843 g/mol. The maximum atomic E-state index is 14.7. The largest absolute Gasteiger partial charge is 0.497 e. The Bertz CT molecular complexity index is 2260. The lowest BCUT2D eigenvalue weighted by atomic mass is 9.85. The Balaban J connectivity index is 1.27. The molecule has 14 nitrogen and oxygen atoms in total. The molecule has 6 rings (SSSR count). The van der Waals surface area contributed by atoms with E-state index in [0.717, 1.165) is 17.5 Å². The number of carbonyl (C=O) groups excluding carboxylic acids is 4. The molecule has 3 fully saturated rings.